The van der Waals surface area contributed by atoms with Crippen LogP contribution in [0.15, 0.2) is 18.2 Å². The summed E-state index contributed by atoms with van der Waals surface area (Å²) in [6.45, 7) is 4.02. The summed E-state index contributed by atoms with van der Waals surface area (Å²) in [6, 6.07) is 5.43. The van der Waals surface area contributed by atoms with E-state index in [1.54, 1.807) is 19.1 Å². The molecule has 4 nitrogen and oxygen atoms in total. The molecule has 0 aliphatic carbocycles. The number of nitrogens with one attached hydrogen (secondary N) is 1. The van der Waals surface area contributed by atoms with Gasteiger partial charge in [-0.25, -0.2) is 4.79 Å². The highest BCUT2D eigenvalue weighted by molar-refractivity contribution is 5.89. The molecule has 1 aromatic rings. The van der Waals surface area contributed by atoms with E-state index in [0.717, 1.165) is 5.56 Å². The maximum absolute atomic E-state index is 11.1. The van der Waals surface area contributed by atoms with Crippen LogP contribution in [-0.2, 0) is 4.74 Å². The SMILES string of the molecule is CCOC(=O)Nc1cc(C)ccc1N. The van der Waals surface area contributed by atoms with Crippen LogP contribution in [0, 0.1) is 6.92 Å². The van der Waals surface area contributed by atoms with Crippen molar-refractivity contribution in [1.29, 1.82) is 0 Å². The number of hydrogen-bond donors (Lipinski definition) is 2. The first kappa shape index (κ1) is 10.4. The quantitative estimate of drug-likeness (QED) is 0.709. The number of carbonyl (C=O) groups excluding carboxylic acids is 1. The first-order chi connectivity index (χ1) is 6.63. The van der Waals surface area contributed by atoms with E-state index < -0.39 is 6.09 Å². The van der Waals surface area contributed by atoms with Gasteiger partial charge in [-0.3, -0.25) is 5.32 Å². The third-order valence-corrected chi connectivity index (χ3v) is 1.72. The predicted molar refractivity (Wildman–Crippen MR) is 56.2 cm³/mol. The number of anilines is 2. The van der Waals surface area contributed by atoms with Gasteiger partial charge in [0.15, 0.2) is 0 Å². The number of rotatable bonds is 2. The Morgan fingerprint density at radius 2 is 2.29 bits per heavy atom. The van der Waals surface area contributed by atoms with Crippen LogP contribution in [0.2, 0.25) is 0 Å². The van der Waals surface area contributed by atoms with Crippen molar-refractivity contribution < 1.29 is 9.53 Å². The number of nitrogen functional groups attached to an aromatic ring is 1. The lowest BCUT2D eigenvalue weighted by atomic mass is 10.2. The summed E-state index contributed by atoms with van der Waals surface area (Å²) >= 11 is 0. The van der Waals surface area contributed by atoms with Gasteiger partial charge in [-0.2, -0.15) is 0 Å². The van der Waals surface area contributed by atoms with Crippen molar-refractivity contribution in [2.45, 2.75) is 13.8 Å². The van der Waals surface area contributed by atoms with E-state index in [2.05, 4.69) is 5.32 Å². The molecule has 1 aromatic carbocycles. The lowest BCUT2D eigenvalue weighted by Crippen LogP contribution is -2.14. The standard InChI is InChI=1S/C10H14N2O2/c1-3-14-10(13)12-9-6-7(2)4-5-8(9)11/h4-6H,3,11H2,1-2H3,(H,12,13). The summed E-state index contributed by atoms with van der Waals surface area (Å²) < 4.78 is 4.74. The van der Waals surface area contributed by atoms with Gasteiger partial charge in [-0.05, 0) is 31.5 Å². The van der Waals surface area contributed by atoms with Gasteiger partial charge in [-0.15, -0.1) is 0 Å². The normalized spacial score (nSPS) is 9.57. The molecule has 0 saturated carbocycles. The number of amides is 1. The zero-order chi connectivity index (χ0) is 10.6. The van der Waals surface area contributed by atoms with Gasteiger partial charge in [0, 0.05) is 0 Å². The molecule has 0 radical (unpaired) electrons. The molecule has 0 aliphatic heterocycles. The van der Waals surface area contributed by atoms with E-state index >= 15 is 0 Å². The molecule has 0 spiro atoms. The van der Waals surface area contributed by atoms with Crippen LogP contribution in [0.5, 0.6) is 0 Å². The average Bonchev–Trinajstić information content (AvgIpc) is 2.12. The zero-order valence-electron chi connectivity index (χ0n) is 8.33. The molecule has 0 unspecified atom stereocenters. The van der Waals surface area contributed by atoms with Crippen molar-refractivity contribution in [3.05, 3.63) is 23.8 Å². The van der Waals surface area contributed by atoms with Gasteiger partial charge in [0.1, 0.15) is 0 Å². The molecule has 1 rings (SSSR count). The highest BCUT2D eigenvalue weighted by Gasteiger charge is 2.04. The lowest BCUT2D eigenvalue weighted by molar-refractivity contribution is 0.168. The molecule has 0 heterocycles. The fourth-order valence-corrected chi connectivity index (χ4v) is 1.06. The minimum Gasteiger partial charge on any atom is -0.450 e. The second kappa shape index (κ2) is 4.50. The molecular weight excluding hydrogens is 180 g/mol. The van der Waals surface area contributed by atoms with Gasteiger partial charge in [-0.1, -0.05) is 6.07 Å². The van der Waals surface area contributed by atoms with E-state index in [0.29, 0.717) is 18.0 Å². The third-order valence-electron chi connectivity index (χ3n) is 1.72. The molecular formula is C10H14N2O2. The molecule has 3 N–H and O–H groups in total. The Hall–Kier alpha value is -1.71. The Bertz CT molecular complexity index is 337. The van der Waals surface area contributed by atoms with Gasteiger partial charge in [0.2, 0.25) is 0 Å². The number of carbonyl (C=O) groups is 1. The third kappa shape index (κ3) is 2.65. The Morgan fingerprint density at radius 3 is 2.93 bits per heavy atom. The maximum atomic E-state index is 11.1. The fraction of sp³-hybridized carbons (Fsp3) is 0.300. The van der Waals surface area contributed by atoms with Gasteiger partial charge < -0.3 is 10.5 Å². The number of aryl methyl sites for hydroxylation is 1. The van der Waals surface area contributed by atoms with Crippen LogP contribution < -0.4 is 11.1 Å². The first-order valence-electron chi connectivity index (χ1n) is 4.43. The summed E-state index contributed by atoms with van der Waals surface area (Å²) in [5, 5.41) is 2.57. The number of benzene rings is 1. The lowest BCUT2D eigenvalue weighted by Gasteiger charge is -2.08. The van der Waals surface area contributed by atoms with Gasteiger partial charge >= 0.3 is 6.09 Å². The van der Waals surface area contributed by atoms with E-state index in [1.807, 2.05) is 13.0 Å². The van der Waals surface area contributed by atoms with Crippen molar-refractivity contribution in [2.75, 3.05) is 17.7 Å². The van der Waals surface area contributed by atoms with Crippen LogP contribution in [0.25, 0.3) is 0 Å². The Balaban J connectivity index is 2.75. The largest absolute Gasteiger partial charge is 0.450 e. The summed E-state index contributed by atoms with van der Waals surface area (Å²) in [5.74, 6) is 0. The predicted octanol–water partition coefficient (Wildman–Crippen LogP) is 2.15. The summed E-state index contributed by atoms with van der Waals surface area (Å²) in [4.78, 5) is 11.1. The molecule has 0 fully saturated rings. The Kier molecular flexibility index (Phi) is 3.34. The van der Waals surface area contributed by atoms with E-state index in [-0.39, 0.29) is 0 Å². The smallest absolute Gasteiger partial charge is 0.411 e. The number of ether oxygens (including phenoxy) is 1. The molecule has 0 aliphatic rings. The van der Waals surface area contributed by atoms with Crippen molar-refractivity contribution in [2.24, 2.45) is 0 Å². The summed E-state index contributed by atoms with van der Waals surface area (Å²) in [7, 11) is 0. The fourth-order valence-electron chi connectivity index (χ4n) is 1.06. The molecule has 76 valence electrons. The summed E-state index contributed by atoms with van der Waals surface area (Å²) in [5.41, 5.74) is 7.81. The van der Waals surface area contributed by atoms with Crippen LogP contribution in [0.4, 0.5) is 16.2 Å². The van der Waals surface area contributed by atoms with E-state index in [4.69, 9.17) is 10.5 Å². The van der Waals surface area contributed by atoms with E-state index in [9.17, 15) is 4.79 Å². The zero-order valence-corrected chi connectivity index (χ0v) is 8.33. The Labute approximate surface area is 83.1 Å². The molecule has 0 aromatic heterocycles. The molecule has 0 bridgehead atoms. The second-order valence-electron chi connectivity index (χ2n) is 2.94. The topological polar surface area (TPSA) is 64.3 Å². The maximum Gasteiger partial charge on any atom is 0.411 e. The first-order valence-corrected chi connectivity index (χ1v) is 4.43. The molecule has 4 heteroatoms. The average molecular weight is 194 g/mol. The summed E-state index contributed by atoms with van der Waals surface area (Å²) in [6.07, 6.45) is -0.482. The van der Waals surface area contributed by atoms with Gasteiger partial charge in [0.05, 0.1) is 18.0 Å². The van der Waals surface area contributed by atoms with Crippen molar-refractivity contribution in [3.8, 4) is 0 Å². The monoisotopic (exact) mass is 194 g/mol. The van der Waals surface area contributed by atoms with E-state index in [1.165, 1.54) is 0 Å². The minimum atomic E-state index is -0.482. The highest BCUT2D eigenvalue weighted by atomic mass is 16.5. The van der Waals surface area contributed by atoms with Crippen LogP contribution in [-0.4, -0.2) is 12.7 Å². The van der Waals surface area contributed by atoms with Crippen LogP contribution in [0.1, 0.15) is 12.5 Å². The van der Waals surface area contributed by atoms with Crippen molar-refractivity contribution in [1.82, 2.24) is 0 Å². The molecule has 1 amide bonds. The Morgan fingerprint density at radius 1 is 1.57 bits per heavy atom. The minimum absolute atomic E-state index is 0.345. The van der Waals surface area contributed by atoms with Crippen molar-refractivity contribution >= 4 is 17.5 Å². The molecule has 14 heavy (non-hydrogen) atoms. The second-order valence-corrected chi connectivity index (χ2v) is 2.94. The highest BCUT2D eigenvalue weighted by Crippen LogP contribution is 2.19. The number of nitrogens with two attached hydrogens (primary N) is 1. The number of hydrogen-bond acceptors (Lipinski definition) is 3. The van der Waals surface area contributed by atoms with Crippen LogP contribution in [0.3, 0.4) is 0 Å². The van der Waals surface area contributed by atoms with Crippen LogP contribution >= 0.6 is 0 Å². The molecule has 0 saturated heterocycles. The van der Waals surface area contributed by atoms with Crippen molar-refractivity contribution in [3.63, 3.8) is 0 Å². The van der Waals surface area contributed by atoms with Gasteiger partial charge in [0.25, 0.3) is 0 Å². The molecule has 0 atom stereocenters.